The summed E-state index contributed by atoms with van der Waals surface area (Å²) in [6.45, 7) is 1.60. The third-order valence-electron chi connectivity index (χ3n) is 4.90. The first-order chi connectivity index (χ1) is 11.8. The molecule has 0 aliphatic heterocycles. The average molecular weight is 325 g/mol. The van der Waals surface area contributed by atoms with Crippen LogP contribution in [0.3, 0.4) is 0 Å². The van der Waals surface area contributed by atoms with E-state index in [2.05, 4.69) is 27.0 Å². The predicted octanol–water partition coefficient (Wildman–Crippen LogP) is 4.03. The van der Waals surface area contributed by atoms with Gasteiger partial charge in [0.25, 0.3) is 0 Å². The fourth-order valence-corrected chi connectivity index (χ4v) is 3.54. The highest BCUT2D eigenvalue weighted by Gasteiger charge is 2.15. The second-order valence-electron chi connectivity index (χ2n) is 6.70. The van der Waals surface area contributed by atoms with E-state index in [1.807, 2.05) is 30.6 Å². The maximum atomic E-state index is 11.9. The number of aromatic nitrogens is 2. The van der Waals surface area contributed by atoms with Gasteiger partial charge in [-0.1, -0.05) is 56.0 Å². The lowest BCUT2D eigenvalue weighted by molar-refractivity contribution is -0.121. The zero-order valence-electron chi connectivity index (χ0n) is 14.3. The number of carbonyl (C=O) groups excluding carboxylic acids is 1. The second kappa shape index (κ2) is 8.67. The summed E-state index contributed by atoms with van der Waals surface area (Å²) in [6, 6.07) is 10.2. The fourth-order valence-electron chi connectivity index (χ4n) is 3.54. The molecule has 128 valence electrons. The van der Waals surface area contributed by atoms with Crippen molar-refractivity contribution >= 4 is 5.91 Å². The van der Waals surface area contributed by atoms with Gasteiger partial charge in [-0.2, -0.15) is 0 Å². The van der Waals surface area contributed by atoms with E-state index < -0.39 is 0 Å². The third-order valence-corrected chi connectivity index (χ3v) is 4.90. The summed E-state index contributed by atoms with van der Waals surface area (Å²) in [5.41, 5.74) is 1.13. The van der Waals surface area contributed by atoms with E-state index in [-0.39, 0.29) is 5.91 Å². The summed E-state index contributed by atoms with van der Waals surface area (Å²) < 4.78 is 2.15. The van der Waals surface area contributed by atoms with E-state index in [4.69, 9.17) is 0 Å². The van der Waals surface area contributed by atoms with Crippen molar-refractivity contribution in [2.75, 3.05) is 6.54 Å². The molecule has 3 rings (SSSR count). The molecule has 1 N–H and O–H groups in total. The van der Waals surface area contributed by atoms with Crippen LogP contribution in [-0.4, -0.2) is 22.0 Å². The van der Waals surface area contributed by atoms with E-state index in [0.717, 1.165) is 43.2 Å². The second-order valence-corrected chi connectivity index (χ2v) is 6.70. The van der Waals surface area contributed by atoms with Crippen molar-refractivity contribution < 1.29 is 4.79 Å². The zero-order chi connectivity index (χ0) is 16.6. The lowest BCUT2D eigenvalue weighted by atomic mass is 10.0. The summed E-state index contributed by atoms with van der Waals surface area (Å²) >= 11 is 0. The van der Waals surface area contributed by atoms with E-state index >= 15 is 0 Å². The normalized spacial score (nSPS) is 14.8. The van der Waals surface area contributed by atoms with Crippen molar-refractivity contribution in [1.29, 1.82) is 0 Å². The van der Waals surface area contributed by atoms with Crippen LogP contribution in [0.4, 0.5) is 0 Å². The largest absolute Gasteiger partial charge is 0.356 e. The van der Waals surface area contributed by atoms with E-state index in [1.54, 1.807) is 0 Å². The van der Waals surface area contributed by atoms with E-state index in [0.29, 0.717) is 6.42 Å². The predicted molar refractivity (Wildman–Crippen MR) is 96.5 cm³/mol. The average Bonchev–Trinajstić information content (AvgIpc) is 3.29. The SMILES string of the molecule is O=C(CCC1CCCC1)NCCCn1ccnc1-c1ccccc1. The molecule has 4 heteroatoms. The monoisotopic (exact) mass is 325 g/mol. The Balaban J connectivity index is 1.38. The maximum Gasteiger partial charge on any atom is 0.220 e. The van der Waals surface area contributed by atoms with Crippen LogP contribution in [-0.2, 0) is 11.3 Å². The number of imidazole rings is 1. The number of carbonyl (C=O) groups is 1. The smallest absolute Gasteiger partial charge is 0.220 e. The van der Waals surface area contributed by atoms with Gasteiger partial charge in [0.15, 0.2) is 0 Å². The first-order valence-corrected chi connectivity index (χ1v) is 9.16. The Hall–Kier alpha value is -2.10. The van der Waals surface area contributed by atoms with Gasteiger partial charge in [0.05, 0.1) is 0 Å². The van der Waals surface area contributed by atoms with Gasteiger partial charge < -0.3 is 9.88 Å². The Kier molecular flexibility index (Phi) is 6.05. The number of nitrogens with one attached hydrogen (secondary N) is 1. The summed E-state index contributed by atoms with van der Waals surface area (Å²) in [6.07, 6.45) is 11.8. The molecule has 24 heavy (non-hydrogen) atoms. The van der Waals surface area contributed by atoms with Crippen molar-refractivity contribution in [2.45, 2.75) is 51.5 Å². The summed E-state index contributed by atoms with van der Waals surface area (Å²) in [5, 5.41) is 3.06. The minimum atomic E-state index is 0.204. The fraction of sp³-hybridized carbons (Fsp3) is 0.500. The van der Waals surface area contributed by atoms with Crippen LogP contribution in [0, 0.1) is 5.92 Å². The Labute approximate surface area is 144 Å². The molecular formula is C20H27N3O. The van der Waals surface area contributed by atoms with Gasteiger partial charge in [-0.25, -0.2) is 4.98 Å². The molecule has 0 unspecified atom stereocenters. The molecule has 1 fully saturated rings. The molecule has 1 amide bonds. The van der Waals surface area contributed by atoms with E-state index in [1.165, 1.54) is 25.7 Å². The number of benzene rings is 1. The molecule has 1 aliphatic carbocycles. The topological polar surface area (TPSA) is 46.9 Å². The van der Waals surface area contributed by atoms with Gasteiger partial charge in [-0.05, 0) is 18.8 Å². The molecule has 1 saturated carbocycles. The lowest BCUT2D eigenvalue weighted by Gasteiger charge is -2.10. The highest BCUT2D eigenvalue weighted by atomic mass is 16.1. The van der Waals surface area contributed by atoms with Crippen LogP contribution in [0.25, 0.3) is 11.4 Å². The van der Waals surface area contributed by atoms with E-state index in [9.17, 15) is 4.79 Å². The molecule has 0 bridgehead atoms. The number of aryl methyl sites for hydroxylation is 1. The van der Waals surface area contributed by atoms with Gasteiger partial charge in [0, 0.05) is 37.5 Å². The van der Waals surface area contributed by atoms with Gasteiger partial charge >= 0.3 is 0 Å². The molecule has 1 heterocycles. The minimum absolute atomic E-state index is 0.204. The van der Waals surface area contributed by atoms with Crippen molar-refractivity contribution in [3.8, 4) is 11.4 Å². The standard InChI is InChI=1S/C20H27N3O/c24-19(12-11-17-7-4-5-8-17)21-13-6-15-23-16-14-22-20(23)18-9-2-1-3-10-18/h1-3,9-10,14,16-17H,4-8,11-13,15H2,(H,21,24). The van der Waals surface area contributed by atoms with Crippen LogP contribution < -0.4 is 5.32 Å². The molecular weight excluding hydrogens is 298 g/mol. The molecule has 0 saturated heterocycles. The van der Waals surface area contributed by atoms with Gasteiger partial charge in [-0.3, -0.25) is 4.79 Å². The first kappa shape index (κ1) is 16.7. The summed E-state index contributed by atoms with van der Waals surface area (Å²) in [4.78, 5) is 16.4. The highest BCUT2D eigenvalue weighted by Crippen LogP contribution is 2.28. The van der Waals surface area contributed by atoms with Gasteiger partial charge in [0.1, 0.15) is 5.82 Å². The van der Waals surface area contributed by atoms with Crippen LogP contribution in [0.2, 0.25) is 0 Å². The molecule has 2 aromatic rings. The van der Waals surface area contributed by atoms with Crippen molar-refractivity contribution in [3.63, 3.8) is 0 Å². The Morgan fingerprint density at radius 2 is 2.00 bits per heavy atom. The lowest BCUT2D eigenvalue weighted by Crippen LogP contribution is -2.25. The number of nitrogens with zero attached hydrogens (tertiary/aromatic N) is 2. The van der Waals surface area contributed by atoms with Gasteiger partial charge in [-0.15, -0.1) is 0 Å². The van der Waals surface area contributed by atoms with Crippen LogP contribution in [0.5, 0.6) is 0 Å². The van der Waals surface area contributed by atoms with Crippen LogP contribution >= 0.6 is 0 Å². The molecule has 1 aromatic heterocycles. The molecule has 1 aliphatic rings. The first-order valence-electron chi connectivity index (χ1n) is 9.16. The number of amides is 1. The van der Waals surface area contributed by atoms with Crippen LogP contribution in [0.1, 0.15) is 44.9 Å². The minimum Gasteiger partial charge on any atom is -0.356 e. The van der Waals surface area contributed by atoms with Crippen molar-refractivity contribution in [2.24, 2.45) is 5.92 Å². The van der Waals surface area contributed by atoms with Crippen molar-refractivity contribution in [3.05, 3.63) is 42.7 Å². The summed E-state index contributed by atoms with van der Waals surface area (Å²) in [7, 11) is 0. The Morgan fingerprint density at radius 3 is 2.79 bits per heavy atom. The maximum absolute atomic E-state index is 11.9. The van der Waals surface area contributed by atoms with Crippen molar-refractivity contribution in [1.82, 2.24) is 14.9 Å². The molecule has 0 spiro atoms. The summed E-state index contributed by atoms with van der Waals surface area (Å²) in [5.74, 6) is 1.98. The number of rotatable bonds is 8. The zero-order valence-corrected chi connectivity index (χ0v) is 14.3. The van der Waals surface area contributed by atoms with Gasteiger partial charge in [0.2, 0.25) is 5.91 Å². The Morgan fingerprint density at radius 1 is 1.21 bits per heavy atom. The molecule has 1 aromatic carbocycles. The number of hydrogen-bond acceptors (Lipinski definition) is 2. The quantitative estimate of drug-likeness (QED) is 0.745. The molecule has 0 radical (unpaired) electrons. The van der Waals surface area contributed by atoms with Crippen LogP contribution in [0.15, 0.2) is 42.7 Å². The molecule has 4 nitrogen and oxygen atoms in total. The molecule has 0 atom stereocenters. The number of hydrogen-bond donors (Lipinski definition) is 1. The third kappa shape index (κ3) is 4.70. The highest BCUT2D eigenvalue weighted by molar-refractivity contribution is 5.75. The Bertz CT molecular complexity index is 629.